The van der Waals surface area contributed by atoms with Gasteiger partial charge in [0.25, 0.3) is 5.91 Å². The molecule has 0 saturated heterocycles. The van der Waals surface area contributed by atoms with Crippen LogP contribution in [0.3, 0.4) is 0 Å². The third-order valence-electron chi connectivity index (χ3n) is 3.65. The quantitative estimate of drug-likeness (QED) is 0.703. The molecule has 0 radical (unpaired) electrons. The molecule has 0 atom stereocenters. The van der Waals surface area contributed by atoms with Gasteiger partial charge in [0.05, 0.1) is 18.8 Å². The van der Waals surface area contributed by atoms with Crippen LogP contribution in [0.4, 0.5) is 5.95 Å². The van der Waals surface area contributed by atoms with Crippen molar-refractivity contribution in [1.29, 1.82) is 0 Å². The summed E-state index contributed by atoms with van der Waals surface area (Å²) in [6.45, 7) is 2.59. The van der Waals surface area contributed by atoms with Crippen LogP contribution < -0.4 is 15.8 Å². The van der Waals surface area contributed by atoms with Gasteiger partial charge in [0, 0.05) is 18.2 Å². The lowest BCUT2D eigenvalue weighted by Crippen LogP contribution is -2.15. The maximum Gasteiger partial charge on any atom is 0.296 e. The van der Waals surface area contributed by atoms with Crippen LogP contribution in [-0.2, 0) is 6.54 Å². The molecule has 0 aliphatic rings. The van der Waals surface area contributed by atoms with Gasteiger partial charge >= 0.3 is 0 Å². The minimum atomic E-state index is -0.586. The number of benzene rings is 1. The molecule has 0 aliphatic heterocycles. The van der Waals surface area contributed by atoms with E-state index in [2.05, 4.69) is 15.5 Å². The summed E-state index contributed by atoms with van der Waals surface area (Å²) >= 11 is 0. The molecule has 2 aromatic heterocycles. The van der Waals surface area contributed by atoms with Gasteiger partial charge in [-0.25, -0.2) is 4.98 Å². The van der Waals surface area contributed by atoms with E-state index in [4.69, 9.17) is 15.0 Å². The van der Waals surface area contributed by atoms with E-state index in [0.717, 1.165) is 6.42 Å². The highest BCUT2D eigenvalue weighted by molar-refractivity contribution is 6.03. The summed E-state index contributed by atoms with van der Waals surface area (Å²) in [5.74, 6) is -0.220. The first-order valence-corrected chi connectivity index (χ1v) is 7.65. The number of imidazole rings is 1. The molecule has 3 N–H and O–H groups in total. The number of nitrogens with two attached hydrogens (primary N) is 1. The highest BCUT2D eigenvalue weighted by Gasteiger charge is 2.20. The van der Waals surface area contributed by atoms with Crippen LogP contribution >= 0.6 is 0 Å². The van der Waals surface area contributed by atoms with Gasteiger partial charge in [0.1, 0.15) is 11.3 Å². The van der Waals surface area contributed by atoms with Gasteiger partial charge in [0.15, 0.2) is 0 Å². The van der Waals surface area contributed by atoms with Crippen LogP contribution in [0.25, 0.3) is 11.0 Å². The van der Waals surface area contributed by atoms with E-state index >= 15 is 0 Å². The van der Waals surface area contributed by atoms with E-state index in [9.17, 15) is 9.59 Å². The fourth-order valence-corrected chi connectivity index (χ4v) is 2.56. The SMILES string of the molecule is CCCn1c(NC(=O)c2ccno2)nc2cc(C(N)=O)cc(OC)c21. The number of aromatic nitrogens is 3. The summed E-state index contributed by atoms with van der Waals surface area (Å²) in [5, 5.41) is 6.20. The molecule has 0 aliphatic carbocycles. The van der Waals surface area contributed by atoms with Crippen LogP contribution in [0, 0.1) is 0 Å². The topological polar surface area (TPSA) is 125 Å². The van der Waals surface area contributed by atoms with Gasteiger partial charge in [-0.05, 0) is 18.6 Å². The lowest BCUT2D eigenvalue weighted by Gasteiger charge is -2.10. The Morgan fingerprint density at radius 2 is 2.20 bits per heavy atom. The average molecular weight is 343 g/mol. The number of rotatable bonds is 6. The van der Waals surface area contributed by atoms with Crippen LogP contribution in [0.15, 0.2) is 28.9 Å². The van der Waals surface area contributed by atoms with Crippen molar-refractivity contribution in [2.75, 3.05) is 12.4 Å². The third-order valence-corrected chi connectivity index (χ3v) is 3.65. The number of carbonyl (C=O) groups is 2. The summed E-state index contributed by atoms with van der Waals surface area (Å²) in [4.78, 5) is 28.2. The van der Waals surface area contributed by atoms with Gasteiger partial charge in [-0.2, -0.15) is 0 Å². The number of anilines is 1. The number of nitrogens with one attached hydrogen (secondary N) is 1. The molecule has 2 amide bonds. The van der Waals surface area contributed by atoms with Gasteiger partial charge in [-0.3, -0.25) is 14.9 Å². The van der Waals surface area contributed by atoms with E-state index in [-0.39, 0.29) is 11.3 Å². The van der Waals surface area contributed by atoms with E-state index < -0.39 is 11.8 Å². The zero-order valence-corrected chi connectivity index (χ0v) is 13.8. The number of primary amides is 1. The monoisotopic (exact) mass is 343 g/mol. The van der Waals surface area contributed by atoms with Crippen molar-refractivity contribution in [3.63, 3.8) is 0 Å². The Balaban J connectivity index is 2.12. The molecule has 0 fully saturated rings. The molecule has 3 aromatic rings. The lowest BCUT2D eigenvalue weighted by molar-refractivity contribution is 0.0983. The van der Waals surface area contributed by atoms with E-state index in [1.807, 2.05) is 11.5 Å². The molecular weight excluding hydrogens is 326 g/mol. The second-order valence-corrected chi connectivity index (χ2v) is 5.33. The zero-order valence-electron chi connectivity index (χ0n) is 13.8. The van der Waals surface area contributed by atoms with Crippen molar-refractivity contribution >= 4 is 28.8 Å². The highest BCUT2D eigenvalue weighted by atomic mass is 16.5. The first kappa shape index (κ1) is 16.5. The zero-order chi connectivity index (χ0) is 18.0. The Morgan fingerprint density at radius 3 is 2.80 bits per heavy atom. The van der Waals surface area contributed by atoms with Crippen LogP contribution in [0.2, 0.25) is 0 Å². The Morgan fingerprint density at radius 1 is 1.40 bits per heavy atom. The van der Waals surface area contributed by atoms with Crippen molar-refractivity contribution in [3.05, 3.63) is 35.7 Å². The number of carbonyl (C=O) groups excluding carboxylic acids is 2. The maximum atomic E-state index is 12.2. The summed E-state index contributed by atoms with van der Waals surface area (Å²) in [7, 11) is 1.50. The predicted molar refractivity (Wildman–Crippen MR) is 89.6 cm³/mol. The summed E-state index contributed by atoms with van der Waals surface area (Å²) in [6, 6.07) is 4.57. The van der Waals surface area contributed by atoms with E-state index in [1.165, 1.54) is 19.4 Å². The first-order valence-electron chi connectivity index (χ1n) is 7.65. The molecule has 9 heteroatoms. The number of fused-ring (bicyclic) bond motifs is 1. The molecule has 0 spiro atoms. The number of hydrogen-bond acceptors (Lipinski definition) is 6. The van der Waals surface area contributed by atoms with Crippen molar-refractivity contribution in [3.8, 4) is 5.75 Å². The molecule has 0 bridgehead atoms. The van der Waals surface area contributed by atoms with E-state index in [0.29, 0.717) is 29.3 Å². The Hall–Kier alpha value is -3.36. The third kappa shape index (κ3) is 3.03. The second kappa shape index (κ2) is 6.63. The summed E-state index contributed by atoms with van der Waals surface area (Å²) < 4.78 is 12.1. The number of ether oxygens (including phenoxy) is 1. The number of aryl methyl sites for hydroxylation is 1. The van der Waals surface area contributed by atoms with Gasteiger partial charge in [0.2, 0.25) is 17.6 Å². The Bertz CT molecular complexity index is 930. The Kier molecular flexibility index (Phi) is 4.38. The molecule has 130 valence electrons. The smallest absolute Gasteiger partial charge is 0.296 e. The maximum absolute atomic E-state index is 12.2. The lowest BCUT2D eigenvalue weighted by atomic mass is 10.1. The number of hydrogen-bond donors (Lipinski definition) is 2. The molecule has 0 saturated carbocycles. The first-order chi connectivity index (χ1) is 12.0. The predicted octanol–water partition coefficient (Wildman–Crippen LogP) is 1.79. The second-order valence-electron chi connectivity index (χ2n) is 5.33. The fourth-order valence-electron chi connectivity index (χ4n) is 2.56. The number of nitrogens with zero attached hydrogens (tertiary/aromatic N) is 3. The highest BCUT2D eigenvalue weighted by Crippen LogP contribution is 2.31. The molecular formula is C16H17N5O4. The van der Waals surface area contributed by atoms with Crippen LogP contribution in [-0.4, -0.2) is 33.6 Å². The van der Waals surface area contributed by atoms with Gasteiger partial charge < -0.3 is 19.6 Å². The minimum Gasteiger partial charge on any atom is -0.494 e. The Labute approximate surface area is 142 Å². The van der Waals surface area contributed by atoms with Crippen molar-refractivity contribution in [1.82, 2.24) is 14.7 Å². The minimum absolute atomic E-state index is 0.0693. The average Bonchev–Trinajstić information content (AvgIpc) is 3.23. The standard InChI is InChI=1S/C16H17N5O4/c1-3-6-21-13-10(7-9(14(17)22)8-12(13)24-2)19-16(21)20-15(23)11-4-5-18-25-11/h4-5,7-8H,3,6H2,1-2H3,(H2,17,22)(H,19,20,23). The van der Waals surface area contributed by atoms with Crippen LogP contribution in [0.1, 0.15) is 34.3 Å². The molecule has 9 nitrogen and oxygen atoms in total. The van der Waals surface area contributed by atoms with Crippen molar-refractivity contribution in [2.45, 2.75) is 19.9 Å². The van der Waals surface area contributed by atoms with Gasteiger partial charge in [-0.15, -0.1) is 0 Å². The largest absolute Gasteiger partial charge is 0.494 e. The summed E-state index contributed by atoms with van der Waals surface area (Å²) in [6.07, 6.45) is 2.18. The molecule has 3 rings (SSSR count). The molecule has 2 heterocycles. The van der Waals surface area contributed by atoms with Crippen molar-refractivity contribution in [2.24, 2.45) is 5.73 Å². The number of amides is 2. The van der Waals surface area contributed by atoms with E-state index in [1.54, 1.807) is 12.1 Å². The normalized spacial score (nSPS) is 10.8. The number of methoxy groups -OCH3 is 1. The van der Waals surface area contributed by atoms with Crippen molar-refractivity contribution < 1.29 is 18.8 Å². The van der Waals surface area contributed by atoms with Crippen LogP contribution in [0.5, 0.6) is 5.75 Å². The molecule has 25 heavy (non-hydrogen) atoms. The molecule has 0 unspecified atom stereocenters. The molecule has 1 aromatic carbocycles. The van der Waals surface area contributed by atoms with Gasteiger partial charge in [-0.1, -0.05) is 12.1 Å². The summed E-state index contributed by atoms with van der Waals surface area (Å²) in [5.41, 5.74) is 6.80. The fraction of sp³-hybridized carbons (Fsp3) is 0.250.